The lowest BCUT2D eigenvalue weighted by atomic mass is 10.2. The number of aryl methyl sites for hydroxylation is 1. The average molecular weight is 283 g/mol. The van der Waals surface area contributed by atoms with Crippen molar-refractivity contribution >= 4 is 0 Å². The summed E-state index contributed by atoms with van der Waals surface area (Å²) in [6.07, 6.45) is -4.37. The van der Waals surface area contributed by atoms with Gasteiger partial charge in [-0.15, -0.1) is 0 Å². The Bertz CT molecular complexity index is 594. The lowest BCUT2D eigenvalue weighted by Crippen LogP contribution is -2.04. The molecule has 2 aromatic rings. The zero-order valence-electron chi connectivity index (χ0n) is 10.6. The van der Waals surface area contributed by atoms with Crippen molar-refractivity contribution in [1.82, 2.24) is 4.98 Å². The zero-order valence-corrected chi connectivity index (χ0v) is 10.6. The molecule has 1 N–H and O–H groups in total. The van der Waals surface area contributed by atoms with Gasteiger partial charge in [-0.2, -0.15) is 13.2 Å². The van der Waals surface area contributed by atoms with Crippen LogP contribution in [0, 0.1) is 6.92 Å². The van der Waals surface area contributed by atoms with Crippen molar-refractivity contribution in [3.63, 3.8) is 0 Å². The monoisotopic (exact) mass is 283 g/mol. The number of rotatable bonds is 3. The molecule has 1 aromatic heterocycles. The van der Waals surface area contributed by atoms with Crippen LogP contribution >= 0.6 is 0 Å². The molecule has 0 saturated carbocycles. The number of nitrogens with zero attached hydrogens (tertiary/aromatic N) is 1. The summed E-state index contributed by atoms with van der Waals surface area (Å²) in [6.45, 7) is 1.57. The van der Waals surface area contributed by atoms with Crippen LogP contribution < -0.4 is 4.74 Å². The molecule has 2 rings (SSSR count). The van der Waals surface area contributed by atoms with Gasteiger partial charge in [0.1, 0.15) is 5.75 Å². The van der Waals surface area contributed by atoms with E-state index in [4.69, 9.17) is 9.84 Å². The van der Waals surface area contributed by atoms with Crippen LogP contribution in [-0.4, -0.2) is 10.1 Å². The highest BCUT2D eigenvalue weighted by Crippen LogP contribution is 2.31. The summed E-state index contributed by atoms with van der Waals surface area (Å²) in [7, 11) is 0. The molecule has 0 aliphatic carbocycles. The van der Waals surface area contributed by atoms with Crippen molar-refractivity contribution in [3.8, 4) is 11.6 Å². The van der Waals surface area contributed by atoms with Gasteiger partial charge >= 0.3 is 6.18 Å². The predicted molar refractivity (Wildman–Crippen MR) is 66.4 cm³/mol. The van der Waals surface area contributed by atoms with Crippen LogP contribution in [-0.2, 0) is 12.8 Å². The fraction of sp³-hybridized carbons (Fsp3) is 0.214. The topological polar surface area (TPSA) is 42.4 Å². The molecule has 1 heterocycles. The van der Waals surface area contributed by atoms with E-state index in [0.717, 1.165) is 12.1 Å². The van der Waals surface area contributed by atoms with E-state index in [1.54, 1.807) is 13.0 Å². The molecular weight excluding hydrogens is 271 g/mol. The molecule has 20 heavy (non-hydrogen) atoms. The maximum atomic E-state index is 12.4. The van der Waals surface area contributed by atoms with E-state index in [1.807, 2.05) is 0 Å². The number of aromatic nitrogens is 1. The van der Waals surface area contributed by atoms with Crippen LogP contribution in [0.3, 0.4) is 0 Å². The van der Waals surface area contributed by atoms with Gasteiger partial charge < -0.3 is 9.84 Å². The van der Waals surface area contributed by atoms with E-state index in [2.05, 4.69) is 4.98 Å². The van der Waals surface area contributed by atoms with Gasteiger partial charge in [-0.1, -0.05) is 0 Å². The minimum Gasteiger partial charge on any atom is -0.439 e. The molecule has 0 bridgehead atoms. The van der Waals surface area contributed by atoms with Gasteiger partial charge in [-0.25, -0.2) is 4.98 Å². The molecule has 0 radical (unpaired) electrons. The molecule has 0 spiro atoms. The van der Waals surface area contributed by atoms with E-state index in [-0.39, 0.29) is 18.2 Å². The largest absolute Gasteiger partial charge is 0.439 e. The molecule has 0 saturated heterocycles. The van der Waals surface area contributed by atoms with Gasteiger partial charge in [0, 0.05) is 11.8 Å². The smallest absolute Gasteiger partial charge is 0.416 e. The van der Waals surface area contributed by atoms with Gasteiger partial charge in [0.25, 0.3) is 0 Å². The summed E-state index contributed by atoms with van der Waals surface area (Å²) in [5.41, 5.74) is 0.538. The van der Waals surface area contributed by atoms with E-state index in [1.165, 1.54) is 18.2 Å². The molecule has 0 amide bonds. The summed E-state index contributed by atoms with van der Waals surface area (Å²) in [5, 5.41) is 9.07. The Labute approximate surface area is 113 Å². The third-order valence-corrected chi connectivity index (χ3v) is 2.58. The highest BCUT2D eigenvalue weighted by atomic mass is 19.4. The number of aliphatic hydroxyl groups is 1. The Morgan fingerprint density at radius 2 is 1.80 bits per heavy atom. The van der Waals surface area contributed by atoms with Gasteiger partial charge in [-0.05, 0) is 42.8 Å². The Morgan fingerprint density at radius 3 is 2.35 bits per heavy atom. The van der Waals surface area contributed by atoms with Crippen molar-refractivity contribution in [2.75, 3.05) is 0 Å². The van der Waals surface area contributed by atoms with Crippen molar-refractivity contribution < 1.29 is 23.0 Å². The van der Waals surface area contributed by atoms with Gasteiger partial charge in [0.2, 0.25) is 5.88 Å². The quantitative estimate of drug-likeness (QED) is 0.934. The van der Waals surface area contributed by atoms with Crippen LogP contribution in [0.4, 0.5) is 13.2 Å². The maximum absolute atomic E-state index is 12.4. The van der Waals surface area contributed by atoms with Crippen molar-refractivity contribution in [1.29, 1.82) is 0 Å². The second-order valence-corrected chi connectivity index (χ2v) is 4.24. The molecule has 0 aliphatic rings. The number of ether oxygens (including phenoxy) is 1. The third kappa shape index (κ3) is 3.48. The SMILES string of the molecule is Cc1cc(CO)cc(Oc2ccc(C(F)(F)F)cc2)n1. The lowest BCUT2D eigenvalue weighted by Gasteiger charge is -2.09. The van der Waals surface area contributed by atoms with E-state index in [9.17, 15) is 13.2 Å². The summed E-state index contributed by atoms with van der Waals surface area (Å²) in [6, 6.07) is 7.57. The molecule has 1 aromatic carbocycles. The number of halogens is 3. The maximum Gasteiger partial charge on any atom is 0.416 e. The summed E-state index contributed by atoms with van der Waals surface area (Å²) in [4.78, 5) is 4.09. The van der Waals surface area contributed by atoms with E-state index < -0.39 is 11.7 Å². The van der Waals surface area contributed by atoms with E-state index >= 15 is 0 Å². The minimum atomic E-state index is -4.37. The fourth-order valence-corrected chi connectivity index (χ4v) is 1.68. The standard InChI is InChI=1S/C14H12F3NO2/c1-9-6-10(8-19)7-13(18-9)20-12-4-2-11(3-5-12)14(15,16)17/h2-7,19H,8H2,1H3. The second-order valence-electron chi connectivity index (χ2n) is 4.24. The lowest BCUT2D eigenvalue weighted by molar-refractivity contribution is -0.137. The Kier molecular flexibility index (Phi) is 3.94. The van der Waals surface area contributed by atoms with Crippen LogP contribution in [0.25, 0.3) is 0 Å². The molecule has 106 valence electrons. The minimum absolute atomic E-state index is 0.160. The van der Waals surface area contributed by atoms with Crippen molar-refractivity contribution in [2.24, 2.45) is 0 Å². The van der Waals surface area contributed by atoms with Crippen molar-refractivity contribution in [2.45, 2.75) is 19.7 Å². The van der Waals surface area contributed by atoms with Gasteiger partial charge in [0.15, 0.2) is 0 Å². The number of aliphatic hydroxyl groups excluding tert-OH is 1. The first-order chi connectivity index (χ1) is 9.38. The molecule has 6 heteroatoms. The number of alkyl halides is 3. The summed E-state index contributed by atoms with van der Waals surface area (Å²) < 4.78 is 42.6. The molecular formula is C14H12F3NO2. The average Bonchev–Trinajstić information content (AvgIpc) is 2.37. The molecule has 3 nitrogen and oxygen atoms in total. The zero-order chi connectivity index (χ0) is 14.8. The number of hydrogen-bond acceptors (Lipinski definition) is 3. The first-order valence-electron chi connectivity index (χ1n) is 5.82. The summed E-state index contributed by atoms with van der Waals surface area (Å²) >= 11 is 0. The Balaban J connectivity index is 2.20. The first-order valence-corrected chi connectivity index (χ1v) is 5.82. The Hall–Kier alpha value is -2.08. The number of benzene rings is 1. The first kappa shape index (κ1) is 14.3. The van der Waals surface area contributed by atoms with E-state index in [0.29, 0.717) is 11.3 Å². The third-order valence-electron chi connectivity index (χ3n) is 2.58. The molecule has 0 aliphatic heterocycles. The fourth-order valence-electron chi connectivity index (χ4n) is 1.68. The van der Waals surface area contributed by atoms with Crippen molar-refractivity contribution in [3.05, 3.63) is 53.2 Å². The molecule has 0 fully saturated rings. The second kappa shape index (κ2) is 5.50. The van der Waals surface area contributed by atoms with Crippen LogP contribution in [0.2, 0.25) is 0 Å². The number of hydrogen-bond donors (Lipinski definition) is 1. The number of pyridine rings is 1. The molecule has 0 unspecified atom stereocenters. The van der Waals surface area contributed by atoms with Crippen LogP contribution in [0.1, 0.15) is 16.8 Å². The Morgan fingerprint density at radius 1 is 1.15 bits per heavy atom. The highest BCUT2D eigenvalue weighted by Gasteiger charge is 2.30. The normalized spacial score (nSPS) is 11.4. The van der Waals surface area contributed by atoms with Gasteiger partial charge in [-0.3, -0.25) is 0 Å². The highest BCUT2D eigenvalue weighted by molar-refractivity contribution is 5.33. The molecule has 0 atom stereocenters. The van der Waals surface area contributed by atoms with Crippen LogP contribution in [0.15, 0.2) is 36.4 Å². The van der Waals surface area contributed by atoms with Crippen LogP contribution in [0.5, 0.6) is 11.6 Å². The predicted octanol–water partition coefficient (Wildman–Crippen LogP) is 3.69. The van der Waals surface area contributed by atoms with Gasteiger partial charge in [0.05, 0.1) is 12.2 Å². The summed E-state index contributed by atoms with van der Waals surface area (Å²) in [5.74, 6) is 0.480.